The smallest absolute Gasteiger partial charge is 0.267 e. The first-order chi connectivity index (χ1) is 8.25. The van der Waals surface area contributed by atoms with Crippen molar-refractivity contribution in [1.82, 2.24) is 19.9 Å². The molecule has 0 aromatic carbocycles. The van der Waals surface area contributed by atoms with Crippen LogP contribution in [0.5, 0.6) is 0 Å². The van der Waals surface area contributed by atoms with Crippen molar-refractivity contribution in [2.45, 2.75) is 13.0 Å². The average Bonchev–Trinajstić information content (AvgIpc) is 2.95. The molecule has 0 spiro atoms. The molecule has 0 radical (unpaired) electrons. The molecule has 90 valence electrons. The van der Waals surface area contributed by atoms with Gasteiger partial charge >= 0.3 is 0 Å². The van der Waals surface area contributed by atoms with Crippen LogP contribution < -0.4 is 5.32 Å². The maximum Gasteiger partial charge on any atom is 0.267 e. The second-order valence-electron chi connectivity index (χ2n) is 3.64. The zero-order valence-electron chi connectivity index (χ0n) is 9.19. The van der Waals surface area contributed by atoms with E-state index >= 15 is 0 Å². The summed E-state index contributed by atoms with van der Waals surface area (Å²) in [4.78, 5) is 18.5. The molecular weight excluding hydrogens is 284 g/mol. The summed E-state index contributed by atoms with van der Waals surface area (Å²) in [6.45, 7) is 1.50. The minimum absolute atomic E-state index is 0.0821. The van der Waals surface area contributed by atoms with Gasteiger partial charge in [0.15, 0.2) is 0 Å². The predicted octanol–water partition coefficient (Wildman–Crippen LogP) is 1.79. The number of aryl methyl sites for hydroxylation is 1. The van der Waals surface area contributed by atoms with Crippen molar-refractivity contribution in [3.63, 3.8) is 0 Å². The number of carbonyl (C=O) groups excluding carboxylic acids is 1. The second-order valence-corrected chi connectivity index (χ2v) is 4.56. The summed E-state index contributed by atoms with van der Waals surface area (Å²) in [5.41, 5.74) is 0.569. The van der Waals surface area contributed by atoms with Gasteiger partial charge in [0.25, 0.3) is 5.91 Å². The van der Waals surface area contributed by atoms with Gasteiger partial charge in [-0.3, -0.25) is 4.79 Å². The Morgan fingerprint density at radius 2 is 2.47 bits per heavy atom. The molecule has 0 saturated carbocycles. The molecule has 0 aliphatic rings. The van der Waals surface area contributed by atoms with E-state index in [1.807, 2.05) is 10.8 Å². The minimum Gasteiger partial charge on any atom is -0.356 e. The first-order valence-electron chi connectivity index (χ1n) is 5.33. The number of hydrogen-bond donors (Lipinski definition) is 2. The van der Waals surface area contributed by atoms with Crippen LogP contribution in [-0.4, -0.2) is 27.0 Å². The summed E-state index contributed by atoms with van der Waals surface area (Å²) in [6, 6.07) is 1.76. The van der Waals surface area contributed by atoms with Gasteiger partial charge < -0.3 is 14.9 Å². The van der Waals surface area contributed by atoms with Crippen LogP contribution in [0.1, 0.15) is 16.9 Å². The Balaban J connectivity index is 1.70. The van der Waals surface area contributed by atoms with E-state index in [2.05, 4.69) is 31.2 Å². The number of hydrogen-bond acceptors (Lipinski definition) is 2. The largest absolute Gasteiger partial charge is 0.356 e. The molecule has 0 saturated heterocycles. The Bertz CT molecular complexity index is 477. The van der Waals surface area contributed by atoms with E-state index in [9.17, 15) is 4.79 Å². The number of H-pyrrole nitrogens is 1. The molecule has 0 fully saturated rings. The Morgan fingerprint density at radius 3 is 3.12 bits per heavy atom. The van der Waals surface area contributed by atoms with Gasteiger partial charge in [0.1, 0.15) is 5.69 Å². The number of carbonyl (C=O) groups is 1. The van der Waals surface area contributed by atoms with Gasteiger partial charge in [-0.25, -0.2) is 4.98 Å². The van der Waals surface area contributed by atoms with E-state index in [0.29, 0.717) is 12.2 Å². The molecule has 2 aromatic rings. The Kier molecular flexibility index (Phi) is 3.98. The van der Waals surface area contributed by atoms with Crippen LogP contribution in [0.3, 0.4) is 0 Å². The number of nitrogens with zero attached hydrogens (tertiary/aromatic N) is 2. The van der Waals surface area contributed by atoms with Crippen molar-refractivity contribution in [3.05, 3.63) is 41.2 Å². The third-order valence-corrected chi connectivity index (χ3v) is 2.79. The highest BCUT2D eigenvalue weighted by Crippen LogP contribution is 2.10. The third-order valence-electron chi connectivity index (χ3n) is 2.33. The molecule has 0 aliphatic heterocycles. The lowest BCUT2D eigenvalue weighted by Crippen LogP contribution is -2.25. The van der Waals surface area contributed by atoms with Crippen LogP contribution in [0, 0.1) is 0 Å². The van der Waals surface area contributed by atoms with E-state index < -0.39 is 0 Å². The number of nitrogens with one attached hydrogen (secondary N) is 2. The van der Waals surface area contributed by atoms with E-state index in [4.69, 9.17) is 0 Å². The average molecular weight is 297 g/mol. The molecule has 1 amide bonds. The molecule has 2 N–H and O–H groups in total. The van der Waals surface area contributed by atoms with Gasteiger partial charge in [0.05, 0.1) is 6.33 Å². The number of rotatable bonds is 5. The van der Waals surface area contributed by atoms with E-state index in [1.54, 1.807) is 24.8 Å². The van der Waals surface area contributed by atoms with Crippen molar-refractivity contribution in [2.24, 2.45) is 0 Å². The first kappa shape index (κ1) is 11.9. The van der Waals surface area contributed by atoms with Crippen molar-refractivity contribution in [2.75, 3.05) is 6.54 Å². The Morgan fingerprint density at radius 1 is 1.59 bits per heavy atom. The van der Waals surface area contributed by atoms with Crippen molar-refractivity contribution in [3.8, 4) is 0 Å². The zero-order chi connectivity index (χ0) is 12.1. The monoisotopic (exact) mass is 296 g/mol. The topological polar surface area (TPSA) is 62.7 Å². The van der Waals surface area contributed by atoms with Gasteiger partial charge in [-0.1, -0.05) is 0 Å². The molecular formula is C11H13BrN4O. The van der Waals surface area contributed by atoms with E-state index in [0.717, 1.165) is 17.4 Å². The van der Waals surface area contributed by atoms with Gasteiger partial charge in [-0.2, -0.15) is 0 Å². The van der Waals surface area contributed by atoms with Crippen LogP contribution in [0.2, 0.25) is 0 Å². The molecule has 2 aromatic heterocycles. The zero-order valence-corrected chi connectivity index (χ0v) is 10.8. The number of halogens is 1. The lowest BCUT2D eigenvalue weighted by Gasteiger charge is -2.04. The lowest BCUT2D eigenvalue weighted by atomic mass is 10.3. The van der Waals surface area contributed by atoms with Crippen LogP contribution in [0.15, 0.2) is 35.5 Å². The molecule has 0 bridgehead atoms. The molecule has 0 unspecified atom stereocenters. The maximum absolute atomic E-state index is 11.6. The fraction of sp³-hybridized carbons (Fsp3) is 0.273. The molecule has 2 heterocycles. The quantitative estimate of drug-likeness (QED) is 0.827. The van der Waals surface area contributed by atoms with Crippen LogP contribution in [0.4, 0.5) is 0 Å². The number of amides is 1. The predicted molar refractivity (Wildman–Crippen MR) is 67.7 cm³/mol. The van der Waals surface area contributed by atoms with Crippen LogP contribution >= 0.6 is 15.9 Å². The van der Waals surface area contributed by atoms with Crippen LogP contribution in [-0.2, 0) is 6.54 Å². The highest BCUT2D eigenvalue weighted by molar-refractivity contribution is 9.10. The molecule has 6 heteroatoms. The highest BCUT2D eigenvalue weighted by Gasteiger charge is 2.06. The summed E-state index contributed by atoms with van der Waals surface area (Å²) in [6.07, 6.45) is 8.03. The minimum atomic E-state index is -0.0821. The Labute approximate surface area is 107 Å². The SMILES string of the molecule is O=C(NCCCn1ccnc1)c1cc(Br)c[nH]1. The standard InChI is InChI=1S/C11H13BrN4O/c12-9-6-10(15-7-9)11(17)14-2-1-4-16-5-3-13-8-16/h3,5-8,15H,1-2,4H2,(H,14,17). The fourth-order valence-corrected chi connectivity index (χ4v) is 1.82. The van der Waals surface area contributed by atoms with Gasteiger partial charge in [0, 0.05) is 36.2 Å². The van der Waals surface area contributed by atoms with Gasteiger partial charge in [-0.05, 0) is 28.4 Å². The molecule has 17 heavy (non-hydrogen) atoms. The van der Waals surface area contributed by atoms with Crippen LogP contribution in [0.25, 0.3) is 0 Å². The summed E-state index contributed by atoms with van der Waals surface area (Å²) in [5, 5.41) is 2.85. The Hall–Kier alpha value is -1.56. The summed E-state index contributed by atoms with van der Waals surface area (Å²) >= 11 is 3.29. The fourth-order valence-electron chi connectivity index (χ4n) is 1.48. The maximum atomic E-state index is 11.6. The van der Waals surface area contributed by atoms with E-state index in [1.165, 1.54) is 0 Å². The summed E-state index contributed by atoms with van der Waals surface area (Å²) < 4.78 is 2.86. The third kappa shape index (κ3) is 3.45. The first-order valence-corrected chi connectivity index (χ1v) is 6.13. The number of imidazole rings is 1. The van der Waals surface area contributed by atoms with Crippen molar-refractivity contribution >= 4 is 21.8 Å². The lowest BCUT2D eigenvalue weighted by molar-refractivity contribution is 0.0948. The van der Waals surface area contributed by atoms with Gasteiger partial charge in [0.2, 0.25) is 0 Å². The number of aromatic nitrogens is 3. The van der Waals surface area contributed by atoms with Crippen molar-refractivity contribution in [1.29, 1.82) is 0 Å². The molecule has 2 rings (SSSR count). The highest BCUT2D eigenvalue weighted by atomic mass is 79.9. The van der Waals surface area contributed by atoms with Crippen molar-refractivity contribution < 1.29 is 4.79 Å². The normalized spacial score (nSPS) is 10.4. The molecule has 5 nitrogen and oxygen atoms in total. The van der Waals surface area contributed by atoms with E-state index in [-0.39, 0.29) is 5.91 Å². The summed E-state index contributed by atoms with van der Waals surface area (Å²) in [5.74, 6) is -0.0821. The summed E-state index contributed by atoms with van der Waals surface area (Å²) in [7, 11) is 0. The number of aromatic amines is 1. The molecule has 0 aliphatic carbocycles. The van der Waals surface area contributed by atoms with Gasteiger partial charge in [-0.15, -0.1) is 0 Å². The molecule has 0 atom stereocenters. The second kappa shape index (κ2) is 5.67.